The van der Waals surface area contributed by atoms with E-state index in [1.54, 1.807) is 0 Å². The molecule has 0 fully saturated rings. The quantitative estimate of drug-likeness (QED) is 0.773. The Bertz CT molecular complexity index is 397. The van der Waals surface area contributed by atoms with Crippen LogP contribution >= 0.6 is 7.60 Å². The molecule has 0 N–H and O–H groups in total. The molecule has 0 aliphatic heterocycles. The van der Waals surface area contributed by atoms with Gasteiger partial charge in [0.05, 0.1) is 0 Å². The smallest absolute Gasteiger partial charge is 0.308 e. The van der Waals surface area contributed by atoms with E-state index in [0.29, 0.717) is 0 Å². The van der Waals surface area contributed by atoms with Crippen molar-refractivity contribution in [2.45, 2.75) is 5.66 Å². The van der Waals surface area contributed by atoms with E-state index in [0.717, 1.165) is 38.5 Å². The van der Waals surface area contributed by atoms with E-state index < -0.39 is 24.6 Å². The van der Waals surface area contributed by atoms with Crippen LogP contribution in [0.2, 0.25) is 0 Å². The first-order valence-electron chi connectivity index (χ1n) is 4.23. The zero-order chi connectivity index (χ0) is 12.4. The Labute approximate surface area is 90.7 Å². The van der Waals surface area contributed by atoms with Crippen LogP contribution in [-0.2, 0) is 19.3 Å². The van der Waals surface area contributed by atoms with Gasteiger partial charge < -0.3 is 9.05 Å². The average Bonchev–Trinajstić information content (AvgIpc) is 2.28. The Morgan fingerprint density at radius 1 is 1.12 bits per heavy atom. The van der Waals surface area contributed by atoms with E-state index in [1.807, 2.05) is 0 Å². The molecule has 0 saturated heterocycles. The molecule has 1 aromatic rings. The summed E-state index contributed by atoms with van der Waals surface area (Å²) < 4.78 is 60.0. The standard InChI is InChI=1S/C9H10F3O3P/c1-14-16(13,15-2)9(11,12)7-3-5-8(10)6-4-7/h3-6H,1-2H3. The molecule has 0 aliphatic carbocycles. The van der Waals surface area contributed by atoms with E-state index in [9.17, 15) is 17.7 Å². The topological polar surface area (TPSA) is 35.5 Å². The molecule has 1 rings (SSSR count). The second kappa shape index (κ2) is 4.57. The summed E-state index contributed by atoms with van der Waals surface area (Å²) in [5.74, 6) is -0.663. The molecule has 0 radical (unpaired) electrons. The van der Waals surface area contributed by atoms with E-state index in [4.69, 9.17) is 0 Å². The minimum atomic E-state index is -4.58. The molecule has 90 valence electrons. The molecular weight excluding hydrogens is 244 g/mol. The van der Waals surface area contributed by atoms with Gasteiger partial charge in [0.2, 0.25) is 0 Å². The Kier molecular flexibility index (Phi) is 3.78. The lowest BCUT2D eigenvalue weighted by molar-refractivity contribution is 0.0453. The Morgan fingerprint density at radius 3 is 1.94 bits per heavy atom. The maximum atomic E-state index is 13.7. The number of hydrogen-bond acceptors (Lipinski definition) is 3. The van der Waals surface area contributed by atoms with Gasteiger partial charge in [-0.05, 0) is 24.3 Å². The molecule has 1 aromatic carbocycles. The van der Waals surface area contributed by atoms with Crippen molar-refractivity contribution in [3.63, 3.8) is 0 Å². The molecule has 0 atom stereocenters. The third kappa shape index (κ3) is 2.14. The molecule has 0 aromatic heterocycles. The lowest BCUT2D eigenvalue weighted by Gasteiger charge is -2.23. The summed E-state index contributed by atoms with van der Waals surface area (Å²) in [5, 5.41) is 0. The van der Waals surface area contributed by atoms with Crippen LogP contribution in [0, 0.1) is 5.82 Å². The van der Waals surface area contributed by atoms with Crippen LogP contribution in [0.25, 0.3) is 0 Å². The number of halogens is 3. The number of rotatable bonds is 4. The summed E-state index contributed by atoms with van der Waals surface area (Å²) in [6, 6.07) is 3.36. The molecule has 0 bridgehead atoms. The Morgan fingerprint density at radius 2 is 1.56 bits per heavy atom. The SMILES string of the molecule is COP(=O)(OC)C(F)(F)c1ccc(F)cc1. The number of benzene rings is 1. The summed E-state index contributed by atoms with van der Waals surface area (Å²) in [5.41, 5.74) is -4.44. The summed E-state index contributed by atoms with van der Waals surface area (Å²) in [6.07, 6.45) is 0. The molecule has 3 nitrogen and oxygen atoms in total. The first kappa shape index (κ1) is 13.2. The lowest BCUT2D eigenvalue weighted by atomic mass is 10.2. The number of hydrogen-bond donors (Lipinski definition) is 0. The Hall–Kier alpha value is -0.840. The first-order valence-corrected chi connectivity index (χ1v) is 5.77. The monoisotopic (exact) mass is 254 g/mol. The van der Waals surface area contributed by atoms with Crippen LogP contribution in [-0.4, -0.2) is 14.2 Å². The van der Waals surface area contributed by atoms with Crippen molar-refractivity contribution >= 4 is 7.60 Å². The van der Waals surface area contributed by atoms with Gasteiger partial charge in [-0.1, -0.05) is 0 Å². The zero-order valence-corrected chi connectivity index (χ0v) is 9.51. The van der Waals surface area contributed by atoms with Gasteiger partial charge in [0.25, 0.3) is 0 Å². The molecule has 0 spiro atoms. The predicted octanol–water partition coefficient (Wildman–Crippen LogP) is 3.36. The van der Waals surface area contributed by atoms with Gasteiger partial charge in [-0.3, -0.25) is 4.57 Å². The van der Waals surface area contributed by atoms with E-state index in [-0.39, 0.29) is 0 Å². The van der Waals surface area contributed by atoms with Gasteiger partial charge in [0.1, 0.15) is 5.82 Å². The largest absolute Gasteiger partial charge is 0.403 e. The van der Waals surface area contributed by atoms with Crippen molar-refractivity contribution in [1.29, 1.82) is 0 Å². The first-order chi connectivity index (χ1) is 7.37. The van der Waals surface area contributed by atoms with Crippen LogP contribution in [0.15, 0.2) is 24.3 Å². The fraction of sp³-hybridized carbons (Fsp3) is 0.333. The average molecular weight is 254 g/mol. The Balaban J connectivity index is 3.19. The second-order valence-corrected chi connectivity index (χ2v) is 5.20. The molecule has 0 amide bonds. The highest BCUT2D eigenvalue weighted by atomic mass is 31.2. The highest BCUT2D eigenvalue weighted by Crippen LogP contribution is 2.65. The minimum absolute atomic E-state index is 0.624. The highest BCUT2D eigenvalue weighted by molar-refractivity contribution is 7.54. The molecule has 0 aliphatic rings. The van der Waals surface area contributed by atoms with E-state index >= 15 is 0 Å². The van der Waals surface area contributed by atoms with Crippen LogP contribution in [0.1, 0.15) is 5.56 Å². The molecule has 16 heavy (non-hydrogen) atoms. The van der Waals surface area contributed by atoms with Crippen molar-refractivity contribution in [2.24, 2.45) is 0 Å². The fourth-order valence-electron chi connectivity index (χ4n) is 1.11. The van der Waals surface area contributed by atoms with Crippen molar-refractivity contribution in [1.82, 2.24) is 0 Å². The van der Waals surface area contributed by atoms with Crippen molar-refractivity contribution < 1.29 is 26.8 Å². The van der Waals surface area contributed by atoms with E-state index in [1.165, 1.54) is 0 Å². The normalized spacial score (nSPS) is 12.8. The fourth-order valence-corrected chi connectivity index (χ4v) is 2.19. The highest BCUT2D eigenvalue weighted by Gasteiger charge is 2.53. The van der Waals surface area contributed by atoms with Crippen molar-refractivity contribution in [2.75, 3.05) is 14.2 Å². The van der Waals surface area contributed by atoms with Gasteiger partial charge in [0, 0.05) is 19.8 Å². The van der Waals surface area contributed by atoms with Crippen LogP contribution in [0.5, 0.6) is 0 Å². The molecule has 0 saturated carbocycles. The van der Waals surface area contributed by atoms with Gasteiger partial charge in [0.15, 0.2) is 0 Å². The second-order valence-electron chi connectivity index (χ2n) is 2.91. The van der Waals surface area contributed by atoms with Crippen molar-refractivity contribution in [3.8, 4) is 0 Å². The summed E-state index contributed by atoms with van der Waals surface area (Å²) in [7, 11) is -2.85. The maximum absolute atomic E-state index is 13.7. The van der Waals surface area contributed by atoms with Crippen LogP contribution in [0.4, 0.5) is 13.2 Å². The molecule has 0 unspecified atom stereocenters. The summed E-state index contributed by atoms with van der Waals surface area (Å²) in [6.45, 7) is 0. The maximum Gasteiger partial charge on any atom is 0.403 e. The van der Waals surface area contributed by atoms with Gasteiger partial charge in [-0.25, -0.2) is 4.39 Å². The zero-order valence-electron chi connectivity index (χ0n) is 8.62. The summed E-state index contributed by atoms with van der Waals surface area (Å²) >= 11 is 0. The van der Waals surface area contributed by atoms with Gasteiger partial charge in [-0.15, -0.1) is 0 Å². The van der Waals surface area contributed by atoms with Gasteiger partial charge in [-0.2, -0.15) is 8.78 Å². The number of alkyl halides is 2. The van der Waals surface area contributed by atoms with Crippen molar-refractivity contribution in [3.05, 3.63) is 35.6 Å². The molecule has 0 heterocycles. The third-order valence-corrected chi connectivity index (χ3v) is 3.92. The minimum Gasteiger partial charge on any atom is -0.308 e. The van der Waals surface area contributed by atoms with Gasteiger partial charge >= 0.3 is 13.3 Å². The van der Waals surface area contributed by atoms with Crippen LogP contribution in [0.3, 0.4) is 0 Å². The van der Waals surface area contributed by atoms with E-state index in [2.05, 4.69) is 9.05 Å². The molecule has 7 heteroatoms. The van der Waals surface area contributed by atoms with Crippen LogP contribution < -0.4 is 0 Å². The predicted molar refractivity (Wildman–Crippen MR) is 51.9 cm³/mol. The molecular formula is C9H10F3O3P. The third-order valence-electron chi connectivity index (χ3n) is 2.02. The lowest BCUT2D eigenvalue weighted by Crippen LogP contribution is -2.16. The summed E-state index contributed by atoms with van der Waals surface area (Å²) in [4.78, 5) is 0.